The van der Waals surface area contributed by atoms with Crippen molar-refractivity contribution in [2.24, 2.45) is 0 Å². The van der Waals surface area contributed by atoms with Gasteiger partial charge in [0, 0.05) is 13.5 Å². The SMILES string of the molecule is CNC(=O)CCCN1CCCCC1C(C)=O. The summed E-state index contributed by atoms with van der Waals surface area (Å²) in [5, 5.41) is 2.61. The fourth-order valence-corrected chi connectivity index (χ4v) is 2.29. The molecule has 0 bridgehead atoms. The van der Waals surface area contributed by atoms with Gasteiger partial charge < -0.3 is 5.32 Å². The fraction of sp³-hybridized carbons (Fsp3) is 0.833. The number of hydrogen-bond donors (Lipinski definition) is 1. The summed E-state index contributed by atoms with van der Waals surface area (Å²) in [7, 11) is 1.65. The highest BCUT2D eigenvalue weighted by Gasteiger charge is 2.25. The first-order valence-electron chi connectivity index (χ1n) is 6.10. The third kappa shape index (κ3) is 3.93. The van der Waals surface area contributed by atoms with Gasteiger partial charge >= 0.3 is 0 Å². The van der Waals surface area contributed by atoms with E-state index in [0.29, 0.717) is 6.42 Å². The van der Waals surface area contributed by atoms with E-state index < -0.39 is 0 Å². The Balaban J connectivity index is 2.32. The highest BCUT2D eigenvalue weighted by molar-refractivity contribution is 5.81. The van der Waals surface area contributed by atoms with Crippen molar-refractivity contribution in [2.45, 2.75) is 45.1 Å². The van der Waals surface area contributed by atoms with Crippen molar-refractivity contribution in [3.63, 3.8) is 0 Å². The Morgan fingerprint density at radius 2 is 2.12 bits per heavy atom. The quantitative estimate of drug-likeness (QED) is 0.759. The summed E-state index contributed by atoms with van der Waals surface area (Å²) in [5.41, 5.74) is 0. The van der Waals surface area contributed by atoms with Gasteiger partial charge in [-0.2, -0.15) is 0 Å². The van der Waals surface area contributed by atoms with Crippen molar-refractivity contribution >= 4 is 11.7 Å². The number of carbonyl (C=O) groups excluding carboxylic acids is 2. The molecular formula is C12H22N2O2. The molecule has 1 aliphatic heterocycles. The maximum absolute atomic E-state index is 11.4. The van der Waals surface area contributed by atoms with E-state index in [0.717, 1.165) is 32.4 Å². The second-order valence-corrected chi connectivity index (χ2v) is 4.43. The number of piperidine rings is 1. The molecule has 4 nitrogen and oxygen atoms in total. The van der Waals surface area contributed by atoms with Crippen LogP contribution in [-0.2, 0) is 9.59 Å². The minimum Gasteiger partial charge on any atom is -0.359 e. The number of ketones is 1. The molecule has 4 heteroatoms. The Morgan fingerprint density at radius 3 is 2.75 bits per heavy atom. The third-order valence-corrected chi connectivity index (χ3v) is 3.21. The van der Waals surface area contributed by atoms with Crippen LogP contribution in [-0.4, -0.2) is 42.8 Å². The lowest BCUT2D eigenvalue weighted by Gasteiger charge is -2.33. The lowest BCUT2D eigenvalue weighted by atomic mass is 9.99. The number of nitrogens with one attached hydrogen (secondary N) is 1. The van der Waals surface area contributed by atoms with Crippen LogP contribution < -0.4 is 5.32 Å². The van der Waals surface area contributed by atoms with Crippen molar-refractivity contribution in [3.05, 3.63) is 0 Å². The normalized spacial score (nSPS) is 21.8. The Labute approximate surface area is 97.4 Å². The monoisotopic (exact) mass is 226 g/mol. The Morgan fingerprint density at radius 1 is 1.38 bits per heavy atom. The van der Waals surface area contributed by atoms with E-state index >= 15 is 0 Å². The van der Waals surface area contributed by atoms with Gasteiger partial charge in [0.05, 0.1) is 6.04 Å². The summed E-state index contributed by atoms with van der Waals surface area (Å²) < 4.78 is 0. The molecule has 0 aromatic heterocycles. The number of Topliss-reactive ketones (excluding diaryl/α,β-unsaturated/α-hetero) is 1. The molecule has 1 fully saturated rings. The first-order chi connectivity index (χ1) is 7.65. The van der Waals surface area contributed by atoms with E-state index in [1.165, 1.54) is 6.42 Å². The number of rotatable bonds is 5. The molecule has 1 heterocycles. The van der Waals surface area contributed by atoms with Crippen LogP contribution in [0.3, 0.4) is 0 Å². The summed E-state index contributed by atoms with van der Waals surface area (Å²) >= 11 is 0. The van der Waals surface area contributed by atoms with Gasteiger partial charge in [0.1, 0.15) is 5.78 Å². The predicted octanol–water partition coefficient (Wildman–Crippen LogP) is 0.956. The molecule has 1 unspecified atom stereocenters. The number of carbonyl (C=O) groups is 2. The van der Waals surface area contributed by atoms with Crippen molar-refractivity contribution in [1.29, 1.82) is 0 Å². The predicted molar refractivity (Wildman–Crippen MR) is 63.2 cm³/mol. The smallest absolute Gasteiger partial charge is 0.219 e. The zero-order valence-electron chi connectivity index (χ0n) is 10.3. The zero-order chi connectivity index (χ0) is 12.0. The van der Waals surface area contributed by atoms with Crippen LogP contribution >= 0.6 is 0 Å². The van der Waals surface area contributed by atoms with E-state index in [1.807, 2.05) is 0 Å². The summed E-state index contributed by atoms with van der Waals surface area (Å²) in [6, 6.07) is 0.0958. The number of nitrogens with zero attached hydrogens (tertiary/aromatic N) is 1. The van der Waals surface area contributed by atoms with E-state index in [9.17, 15) is 9.59 Å². The zero-order valence-corrected chi connectivity index (χ0v) is 10.3. The fourth-order valence-electron chi connectivity index (χ4n) is 2.29. The van der Waals surface area contributed by atoms with Crippen LogP contribution in [0.25, 0.3) is 0 Å². The second kappa shape index (κ2) is 6.63. The molecule has 0 aromatic rings. The van der Waals surface area contributed by atoms with Crippen LogP contribution in [0, 0.1) is 0 Å². The van der Waals surface area contributed by atoms with E-state index in [4.69, 9.17) is 0 Å². The first kappa shape index (κ1) is 13.2. The average molecular weight is 226 g/mol. The van der Waals surface area contributed by atoms with Crippen molar-refractivity contribution in [3.8, 4) is 0 Å². The van der Waals surface area contributed by atoms with Gasteiger partial charge in [-0.25, -0.2) is 0 Å². The molecule has 0 radical (unpaired) electrons. The maximum atomic E-state index is 11.4. The molecule has 1 saturated heterocycles. The molecule has 0 aromatic carbocycles. The van der Waals surface area contributed by atoms with Gasteiger partial charge in [0.2, 0.25) is 5.91 Å². The minimum atomic E-state index is 0.0800. The van der Waals surface area contributed by atoms with Gasteiger partial charge in [-0.15, -0.1) is 0 Å². The molecule has 0 saturated carbocycles. The Hall–Kier alpha value is -0.900. The Kier molecular flexibility index (Phi) is 5.46. The van der Waals surface area contributed by atoms with Crippen LogP contribution in [0.1, 0.15) is 39.0 Å². The molecule has 1 amide bonds. The maximum Gasteiger partial charge on any atom is 0.219 e. The van der Waals surface area contributed by atoms with Gasteiger partial charge in [0.15, 0.2) is 0 Å². The first-order valence-corrected chi connectivity index (χ1v) is 6.10. The molecule has 1 aliphatic rings. The van der Waals surface area contributed by atoms with Crippen LogP contribution in [0.2, 0.25) is 0 Å². The molecule has 1 rings (SSSR count). The van der Waals surface area contributed by atoms with Gasteiger partial charge in [-0.3, -0.25) is 14.5 Å². The van der Waals surface area contributed by atoms with E-state index in [-0.39, 0.29) is 17.7 Å². The summed E-state index contributed by atoms with van der Waals surface area (Å²) in [5.74, 6) is 0.344. The lowest BCUT2D eigenvalue weighted by molar-refractivity contribution is -0.123. The summed E-state index contributed by atoms with van der Waals surface area (Å²) in [6.45, 7) is 3.53. The van der Waals surface area contributed by atoms with Crippen molar-refractivity contribution < 1.29 is 9.59 Å². The molecule has 0 aliphatic carbocycles. The number of amides is 1. The third-order valence-electron chi connectivity index (χ3n) is 3.21. The van der Waals surface area contributed by atoms with Gasteiger partial charge in [0.25, 0.3) is 0 Å². The lowest BCUT2D eigenvalue weighted by Crippen LogP contribution is -2.44. The number of likely N-dealkylation sites (tertiary alicyclic amines) is 1. The molecule has 1 N–H and O–H groups in total. The summed E-state index contributed by atoms with van der Waals surface area (Å²) in [4.78, 5) is 24.7. The number of hydrogen-bond acceptors (Lipinski definition) is 3. The largest absolute Gasteiger partial charge is 0.359 e. The Bertz CT molecular complexity index is 253. The van der Waals surface area contributed by atoms with E-state index in [2.05, 4.69) is 10.2 Å². The van der Waals surface area contributed by atoms with Gasteiger partial charge in [-0.05, 0) is 39.3 Å². The van der Waals surface area contributed by atoms with Crippen molar-refractivity contribution in [2.75, 3.05) is 20.1 Å². The van der Waals surface area contributed by atoms with Crippen LogP contribution in [0.15, 0.2) is 0 Å². The standard InChI is InChI=1S/C12H22N2O2/c1-10(15)11-6-3-4-8-14(11)9-5-7-12(16)13-2/h11H,3-9H2,1-2H3,(H,13,16). The highest BCUT2D eigenvalue weighted by atomic mass is 16.1. The summed E-state index contributed by atoms with van der Waals surface area (Å²) in [6.07, 6.45) is 4.69. The molecule has 92 valence electrons. The minimum absolute atomic E-state index is 0.0800. The van der Waals surface area contributed by atoms with Crippen molar-refractivity contribution in [1.82, 2.24) is 10.2 Å². The van der Waals surface area contributed by atoms with Gasteiger partial charge in [-0.1, -0.05) is 6.42 Å². The van der Waals surface area contributed by atoms with Crippen LogP contribution in [0.4, 0.5) is 0 Å². The van der Waals surface area contributed by atoms with Crippen LogP contribution in [0.5, 0.6) is 0 Å². The molecule has 16 heavy (non-hydrogen) atoms. The molecule has 0 spiro atoms. The molecular weight excluding hydrogens is 204 g/mol. The highest BCUT2D eigenvalue weighted by Crippen LogP contribution is 2.18. The molecule has 1 atom stereocenters. The second-order valence-electron chi connectivity index (χ2n) is 4.43. The average Bonchev–Trinajstić information content (AvgIpc) is 2.29. The topological polar surface area (TPSA) is 49.4 Å². The van der Waals surface area contributed by atoms with E-state index in [1.54, 1.807) is 14.0 Å².